The summed E-state index contributed by atoms with van der Waals surface area (Å²) in [4.78, 5) is 11.6. The first-order chi connectivity index (χ1) is 8.02. The van der Waals surface area contributed by atoms with Gasteiger partial charge in [-0.1, -0.05) is 11.6 Å². The molecule has 1 atom stereocenters. The van der Waals surface area contributed by atoms with Gasteiger partial charge in [-0.2, -0.15) is 0 Å². The van der Waals surface area contributed by atoms with Gasteiger partial charge < -0.3 is 15.8 Å². The summed E-state index contributed by atoms with van der Waals surface area (Å²) in [7, 11) is 1.62. The molecule has 0 aromatic heterocycles. The van der Waals surface area contributed by atoms with Crippen LogP contribution in [0.25, 0.3) is 0 Å². The molecule has 0 bridgehead atoms. The molecule has 4 nitrogen and oxygen atoms in total. The van der Waals surface area contributed by atoms with Crippen LogP contribution < -0.4 is 11.1 Å². The minimum atomic E-state index is -0.0959. The molecule has 17 heavy (non-hydrogen) atoms. The van der Waals surface area contributed by atoms with E-state index in [1.165, 1.54) is 0 Å². The zero-order valence-electron chi connectivity index (χ0n) is 10.00. The van der Waals surface area contributed by atoms with Crippen LogP contribution in [0, 0.1) is 0 Å². The first-order valence-electron chi connectivity index (χ1n) is 5.40. The number of rotatable bonds is 5. The molecule has 5 heteroatoms. The van der Waals surface area contributed by atoms with Gasteiger partial charge in [0.1, 0.15) is 0 Å². The Morgan fingerprint density at radius 1 is 1.59 bits per heavy atom. The van der Waals surface area contributed by atoms with E-state index in [0.717, 1.165) is 0 Å². The van der Waals surface area contributed by atoms with Crippen LogP contribution in [0.1, 0.15) is 19.8 Å². The molecule has 1 rings (SSSR count). The smallest absolute Gasteiger partial charge is 0.224 e. The average molecular weight is 257 g/mol. The number of ether oxygens (including phenoxy) is 1. The Hall–Kier alpha value is -1.26. The van der Waals surface area contributed by atoms with E-state index in [0.29, 0.717) is 29.2 Å². The number of hydrogen-bond acceptors (Lipinski definition) is 3. The lowest BCUT2D eigenvalue weighted by Crippen LogP contribution is -2.15. The number of carbonyl (C=O) groups is 1. The molecular weight excluding hydrogens is 240 g/mol. The number of nitrogen functional groups attached to an aromatic ring is 1. The number of benzene rings is 1. The molecule has 0 saturated carbocycles. The molecule has 0 saturated heterocycles. The van der Waals surface area contributed by atoms with Crippen LogP contribution in [-0.2, 0) is 9.53 Å². The molecule has 0 heterocycles. The van der Waals surface area contributed by atoms with E-state index in [4.69, 9.17) is 22.1 Å². The standard InChI is InChI=1S/C12H17ClN2O2/c1-8(17-2)3-6-12(16)15-11-7-9(14)4-5-10(11)13/h4-5,7-8H,3,6,14H2,1-2H3,(H,15,16). The maximum absolute atomic E-state index is 11.6. The molecular formula is C12H17ClN2O2. The molecule has 1 aromatic carbocycles. The number of methoxy groups -OCH3 is 1. The fraction of sp³-hybridized carbons (Fsp3) is 0.417. The lowest BCUT2D eigenvalue weighted by Gasteiger charge is -2.10. The predicted molar refractivity (Wildman–Crippen MR) is 70.2 cm³/mol. The van der Waals surface area contributed by atoms with Crippen molar-refractivity contribution in [3.63, 3.8) is 0 Å². The maximum atomic E-state index is 11.6. The van der Waals surface area contributed by atoms with Crippen molar-refractivity contribution in [1.82, 2.24) is 0 Å². The number of nitrogens with two attached hydrogens (primary N) is 1. The predicted octanol–water partition coefficient (Wildman–Crippen LogP) is 2.68. The van der Waals surface area contributed by atoms with Gasteiger partial charge in [0.2, 0.25) is 5.91 Å². The third-order valence-corrected chi connectivity index (χ3v) is 2.77. The minimum absolute atomic E-state index is 0.0667. The van der Waals surface area contributed by atoms with E-state index in [1.807, 2.05) is 6.92 Å². The highest BCUT2D eigenvalue weighted by Gasteiger charge is 2.08. The number of anilines is 2. The molecule has 0 aliphatic carbocycles. The van der Waals surface area contributed by atoms with E-state index in [1.54, 1.807) is 25.3 Å². The molecule has 94 valence electrons. The fourth-order valence-corrected chi connectivity index (χ4v) is 1.47. The van der Waals surface area contributed by atoms with Crippen LogP contribution in [0.3, 0.4) is 0 Å². The Balaban J connectivity index is 2.53. The Morgan fingerprint density at radius 2 is 2.29 bits per heavy atom. The molecule has 0 aliphatic rings. The van der Waals surface area contributed by atoms with Gasteiger partial charge in [0.25, 0.3) is 0 Å². The number of carbonyl (C=O) groups excluding carboxylic acids is 1. The lowest BCUT2D eigenvalue weighted by atomic mass is 10.2. The van der Waals surface area contributed by atoms with Crippen molar-refractivity contribution in [3.8, 4) is 0 Å². The summed E-state index contributed by atoms with van der Waals surface area (Å²) in [5, 5.41) is 3.20. The Bertz CT molecular complexity index is 396. The first-order valence-corrected chi connectivity index (χ1v) is 5.78. The van der Waals surface area contributed by atoms with Crippen molar-refractivity contribution in [1.29, 1.82) is 0 Å². The van der Waals surface area contributed by atoms with E-state index in [9.17, 15) is 4.79 Å². The SMILES string of the molecule is COC(C)CCC(=O)Nc1cc(N)ccc1Cl. The van der Waals surface area contributed by atoms with Crippen molar-refractivity contribution in [2.45, 2.75) is 25.9 Å². The molecule has 0 spiro atoms. The molecule has 1 unspecified atom stereocenters. The number of amides is 1. The average Bonchev–Trinajstić information content (AvgIpc) is 2.30. The van der Waals surface area contributed by atoms with Crippen molar-refractivity contribution in [2.24, 2.45) is 0 Å². The molecule has 0 aliphatic heterocycles. The maximum Gasteiger partial charge on any atom is 0.224 e. The fourth-order valence-electron chi connectivity index (χ4n) is 1.30. The highest BCUT2D eigenvalue weighted by Crippen LogP contribution is 2.24. The van der Waals surface area contributed by atoms with E-state index in [-0.39, 0.29) is 12.0 Å². The lowest BCUT2D eigenvalue weighted by molar-refractivity contribution is -0.116. The minimum Gasteiger partial charge on any atom is -0.399 e. The number of halogens is 1. The van der Waals surface area contributed by atoms with E-state index in [2.05, 4.69) is 5.32 Å². The summed E-state index contributed by atoms with van der Waals surface area (Å²) >= 11 is 5.94. The quantitative estimate of drug-likeness (QED) is 0.796. The van der Waals surface area contributed by atoms with Gasteiger partial charge in [-0.25, -0.2) is 0 Å². The number of hydrogen-bond donors (Lipinski definition) is 2. The number of nitrogens with one attached hydrogen (secondary N) is 1. The monoisotopic (exact) mass is 256 g/mol. The van der Waals surface area contributed by atoms with Gasteiger partial charge in [-0.05, 0) is 31.5 Å². The zero-order valence-corrected chi connectivity index (χ0v) is 10.8. The van der Waals surface area contributed by atoms with Gasteiger partial charge in [-0.15, -0.1) is 0 Å². The Labute approximate surface area is 106 Å². The third-order valence-electron chi connectivity index (χ3n) is 2.44. The van der Waals surface area contributed by atoms with Crippen LogP contribution in [0.2, 0.25) is 5.02 Å². The van der Waals surface area contributed by atoms with Gasteiger partial charge >= 0.3 is 0 Å². The highest BCUT2D eigenvalue weighted by molar-refractivity contribution is 6.33. The molecule has 0 fully saturated rings. The zero-order chi connectivity index (χ0) is 12.8. The van der Waals surface area contributed by atoms with Crippen LogP contribution in [0.4, 0.5) is 11.4 Å². The molecule has 1 aromatic rings. The normalized spacial score (nSPS) is 12.2. The highest BCUT2D eigenvalue weighted by atomic mass is 35.5. The second kappa shape index (κ2) is 6.47. The Morgan fingerprint density at radius 3 is 2.94 bits per heavy atom. The summed E-state index contributed by atoms with van der Waals surface area (Å²) in [5.74, 6) is -0.0959. The van der Waals surface area contributed by atoms with E-state index < -0.39 is 0 Å². The van der Waals surface area contributed by atoms with Gasteiger partial charge in [0, 0.05) is 19.2 Å². The largest absolute Gasteiger partial charge is 0.399 e. The van der Waals surface area contributed by atoms with Crippen molar-refractivity contribution in [2.75, 3.05) is 18.2 Å². The van der Waals surface area contributed by atoms with Crippen molar-refractivity contribution >= 4 is 28.9 Å². The van der Waals surface area contributed by atoms with Crippen molar-refractivity contribution in [3.05, 3.63) is 23.2 Å². The summed E-state index contributed by atoms with van der Waals surface area (Å²) in [6.07, 6.45) is 1.12. The molecule has 1 amide bonds. The van der Waals surface area contributed by atoms with Crippen LogP contribution in [0.15, 0.2) is 18.2 Å². The Kier molecular flexibility index (Phi) is 5.25. The summed E-state index contributed by atoms with van der Waals surface area (Å²) < 4.78 is 5.07. The molecule has 0 radical (unpaired) electrons. The van der Waals surface area contributed by atoms with Crippen LogP contribution >= 0.6 is 11.6 Å². The first kappa shape index (κ1) is 13.8. The van der Waals surface area contributed by atoms with Gasteiger partial charge in [0.15, 0.2) is 0 Å². The summed E-state index contributed by atoms with van der Waals surface area (Å²) in [6, 6.07) is 4.98. The van der Waals surface area contributed by atoms with Gasteiger partial charge in [-0.3, -0.25) is 4.79 Å². The van der Waals surface area contributed by atoms with E-state index >= 15 is 0 Å². The van der Waals surface area contributed by atoms with Gasteiger partial charge in [0.05, 0.1) is 16.8 Å². The second-order valence-corrected chi connectivity index (χ2v) is 4.28. The second-order valence-electron chi connectivity index (χ2n) is 3.87. The van der Waals surface area contributed by atoms with Crippen LogP contribution in [-0.4, -0.2) is 19.1 Å². The summed E-state index contributed by atoms with van der Waals surface area (Å²) in [6.45, 7) is 1.92. The van der Waals surface area contributed by atoms with Crippen molar-refractivity contribution < 1.29 is 9.53 Å². The molecule has 3 N–H and O–H groups in total. The summed E-state index contributed by atoms with van der Waals surface area (Å²) in [5.41, 5.74) is 6.73. The topological polar surface area (TPSA) is 64.3 Å². The third kappa shape index (κ3) is 4.63. The van der Waals surface area contributed by atoms with Crippen LogP contribution in [0.5, 0.6) is 0 Å².